The smallest absolute Gasteiger partial charge is 0.134 e. The van der Waals surface area contributed by atoms with E-state index in [0.717, 1.165) is 53.3 Å². The van der Waals surface area contributed by atoms with E-state index in [2.05, 4.69) is 209 Å². The normalized spacial score (nSPS) is 12.8. The molecule has 9 rings (SSSR count). The second-order valence-electron chi connectivity index (χ2n) is 16.3. The molecular weight excluding hydrogens is 883 g/mol. The number of aromatic nitrogens is 3. The SMILES string of the molecule is CCCCC(C)(C)c1nnc(-c2[c-]ccc(C3(c4cc(C)cc(C)c4)c4ccccc4-c4ccccc43)c2)n1-c1ccc(-c2ccccc2)cc1-c1ccccc1.[Ir]. The summed E-state index contributed by atoms with van der Waals surface area (Å²) in [5.74, 6) is 1.74. The third-order valence-electron chi connectivity index (χ3n) is 11.9. The maximum Gasteiger partial charge on any atom is 0.134 e. The Hall–Kier alpha value is -5.67. The molecule has 7 aromatic carbocycles. The van der Waals surface area contributed by atoms with E-state index in [0.29, 0.717) is 0 Å². The Morgan fingerprint density at radius 3 is 1.83 bits per heavy atom. The van der Waals surface area contributed by atoms with Gasteiger partial charge in [-0.15, -0.1) is 40.5 Å². The summed E-state index contributed by atoms with van der Waals surface area (Å²) in [7, 11) is 0. The molecule has 1 aliphatic carbocycles. The fourth-order valence-corrected chi connectivity index (χ4v) is 9.29. The van der Waals surface area contributed by atoms with Crippen LogP contribution >= 0.6 is 0 Å². The predicted molar refractivity (Wildman–Crippen MR) is 236 cm³/mol. The summed E-state index contributed by atoms with van der Waals surface area (Å²) in [5, 5.41) is 10.2. The summed E-state index contributed by atoms with van der Waals surface area (Å²) in [6.07, 6.45) is 3.22. The zero-order valence-electron chi connectivity index (χ0n) is 33.9. The van der Waals surface area contributed by atoms with Crippen molar-refractivity contribution in [3.8, 4) is 50.5 Å². The molecule has 0 N–H and O–H groups in total. The Morgan fingerprint density at radius 1 is 0.586 bits per heavy atom. The molecule has 1 aliphatic rings. The van der Waals surface area contributed by atoms with Gasteiger partial charge in [0.05, 0.1) is 11.2 Å². The van der Waals surface area contributed by atoms with Crippen molar-refractivity contribution >= 4 is 0 Å². The largest absolute Gasteiger partial charge is 0.319 e. The van der Waals surface area contributed by atoms with E-state index < -0.39 is 5.41 Å². The van der Waals surface area contributed by atoms with Gasteiger partial charge in [-0.25, -0.2) is 0 Å². The monoisotopic (exact) mass is 931 g/mol. The van der Waals surface area contributed by atoms with Gasteiger partial charge in [0.15, 0.2) is 0 Å². The molecule has 1 aromatic heterocycles. The van der Waals surface area contributed by atoms with E-state index in [9.17, 15) is 0 Å². The number of unbranched alkanes of at least 4 members (excludes halogenated alkanes) is 1. The van der Waals surface area contributed by atoms with Crippen LogP contribution in [-0.4, -0.2) is 14.8 Å². The minimum Gasteiger partial charge on any atom is -0.319 e. The van der Waals surface area contributed by atoms with E-state index in [1.54, 1.807) is 0 Å². The minimum atomic E-state index is -0.547. The van der Waals surface area contributed by atoms with Crippen LogP contribution in [0.25, 0.3) is 50.5 Å². The van der Waals surface area contributed by atoms with Crippen molar-refractivity contribution in [3.63, 3.8) is 0 Å². The molecule has 0 spiro atoms. The number of rotatable bonds is 10. The zero-order valence-corrected chi connectivity index (χ0v) is 36.3. The molecule has 0 saturated carbocycles. The van der Waals surface area contributed by atoms with Gasteiger partial charge in [-0.3, -0.25) is 0 Å². The molecule has 0 bridgehead atoms. The Morgan fingerprint density at radius 2 is 1.19 bits per heavy atom. The number of hydrogen-bond donors (Lipinski definition) is 0. The molecule has 4 heteroatoms. The van der Waals surface area contributed by atoms with Crippen molar-refractivity contribution in [2.45, 2.75) is 64.7 Å². The summed E-state index contributed by atoms with van der Waals surface area (Å²) < 4.78 is 2.34. The summed E-state index contributed by atoms with van der Waals surface area (Å²) >= 11 is 0. The first-order chi connectivity index (χ1) is 27.8. The second kappa shape index (κ2) is 15.9. The van der Waals surface area contributed by atoms with Crippen molar-refractivity contribution in [2.75, 3.05) is 0 Å². The first kappa shape index (κ1) is 39.2. The number of benzene rings is 7. The van der Waals surface area contributed by atoms with Crippen LogP contribution in [0, 0.1) is 19.9 Å². The van der Waals surface area contributed by atoms with Crippen LogP contribution in [0.4, 0.5) is 0 Å². The topological polar surface area (TPSA) is 30.7 Å². The molecule has 0 atom stereocenters. The zero-order chi connectivity index (χ0) is 39.1. The average molecular weight is 931 g/mol. The summed E-state index contributed by atoms with van der Waals surface area (Å²) in [6, 6.07) is 63.5. The molecular formula is C54H48IrN3-. The van der Waals surface area contributed by atoms with E-state index in [1.807, 2.05) is 0 Å². The van der Waals surface area contributed by atoms with Crippen LogP contribution in [0.2, 0.25) is 0 Å². The molecule has 289 valence electrons. The number of nitrogens with zero attached hydrogens (tertiary/aromatic N) is 3. The molecule has 0 aliphatic heterocycles. The Labute approximate surface area is 357 Å². The number of hydrogen-bond acceptors (Lipinski definition) is 2. The van der Waals surface area contributed by atoms with Crippen LogP contribution < -0.4 is 0 Å². The van der Waals surface area contributed by atoms with Crippen molar-refractivity contribution in [1.82, 2.24) is 14.8 Å². The number of fused-ring (bicyclic) bond motifs is 3. The summed E-state index contributed by atoms with van der Waals surface area (Å²) in [5.41, 5.74) is 15.9. The second-order valence-corrected chi connectivity index (χ2v) is 16.3. The predicted octanol–water partition coefficient (Wildman–Crippen LogP) is 13.5. The van der Waals surface area contributed by atoms with Gasteiger partial charge < -0.3 is 4.57 Å². The van der Waals surface area contributed by atoms with E-state index in [-0.39, 0.29) is 25.5 Å². The molecule has 0 fully saturated rings. The van der Waals surface area contributed by atoms with Crippen LogP contribution in [0.1, 0.15) is 79.2 Å². The average Bonchev–Trinajstić information content (AvgIpc) is 3.83. The van der Waals surface area contributed by atoms with E-state index in [1.165, 1.54) is 55.6 Å². The number of aryl methyl sites for hydroxylation is 2. The van der Waals surface area contributed by atoms with Gasteiger partial charge in [-0.2, -0.15) is 5.10 Å². The maximum absolute atomic E-state index is 5.11. The molecule has 3 nitrogen and oxygen atoms in total. The first-order valence-corrected chi connectivity index (χ1v) is 20.3. The standard InChI is InChI=1S/C54H48N3.Ir/c1-6-7-31-53(4,5)52-56-55-51(57(52)50-30-29-41(39-19-10-8-11-20-39)36-47(50)40-21-12-9-13-22-40)42-23-18-24-43(35-42)54(44-33-37(2)32-38(3)34-44)48-27-16-14-25-45(48)46-26-15-17-28-49(46)54;/h8-22,24-30,32-36H,6-7,31H2,1-5H3;/q-1;. The van der Waals surface area contributed by atoms with Crippen LogP contribution in [0.15, 0.2) is 164 Å². The molecule has 0 saturated heterocycles. The van der Waals surface area contributed by atoms with Crippen molar-refractivity contribution in [2.24, 2.45) is 0 Å². The fourth-order valence-electron chi connectivity index (χ4n) is 9.29. The van der Waals surface area contributed by atoms with Crippen LogP contribution in [-0.2, 0) is 30.9 Å². The van der Waals surface area contributed by atoms with Gasteiger partial charge in [0.1, 0.15) is 5.82 Å². The van der Waals surface area contributed by atoms with Crippen molar-refractivity contribution < 1.29 is 20.1 Å². The summed E-state index contributed by atoms with van der Waals surface area (Å²) in [6.45, 7) is 11.3. The Bertz CT molecular complexity index is 2660. The third kappa shape index (κ3) is 6.69. The van der Waals surface area contributed by atoms with Gasteiger partial charge in [-0.05, 0) is 76.9 Å². The van der Waals surface area contributed by atoms with Gasteiger partial charge in [0, 0.05) is 36.8 Å². The van der Waals surface area contributed by atoms with Crippen LogP contribution in [0.3, 0.4) is 0 Å². The van der Waals surface area contributed by atoms with Crippen LogP contribution in [0.5, 0.6) is 0 Å². The first-order valence-electron chi connectivity index (χ1n) is 20.3. The molecule has 1 radical (unpaired) electrons. The molecule has 58 heavy (non-hydrogen) atoms. The van der Waals surface area contributed by atoms with Gasteiger partial charge in [0.2, 0.25) is 0 Å². The fraction of sp³-hybridized carbons (Fsp3) is 0.185. The molecule has 1 heterocycles. The Kier molecular flexibility index (Phi) is 10.8. The summed E-state index contributed by atoms with van der Waals surface area (Å²) in [4.78, 5) is 0. The van der Waals surface area contributed by atoms with Crippen molar-refractivity contribution in [3.05, 3.63) is 209 Å². The maximum atomic E-state index is 5.11. The minimum absolute atomic E-state index is 0. The Balaban J connectivity index is 0.00000469. The van der Waals surface area contributed by atoms with Gasteiger partial charge in [-0.1, -0.05) is 178 Å². The van der Waals surface area contributed by atoms with Gasteiger partial charge >= 0.3 is 0 Å². The third-order valence-corrected chi connectivity index (χ3v) is 11.9. The van der Waals surface area contributed by atoms with E-state index in [4.69, 9.17) is 10.2 Å². The quantitative estimate of drug-likeness (QED) is 0.128. The van der Waals surface area contributed by atoms with Gasteiger partial charge in [0.25, 0.3) is 0 Å². The molecule has 0 amide bonds. The molecule has 0 unspecified atom stereocenters. The molecule has 8 aromatic rings. The van der Waals surface area contributed by atoms with Crippen molar-refractivity contribution in [1.29, 1.82) is 0 Å². The van der Waals surface area contributed by atoms with E-state index >= 15 is 0 Å².